The van der Waals surface area contributed by atoms with Crippen molar-refractivity contribution in [2.24, 2.45) is 0 Å². The molecule has 3 aromatic carbocycles. The minimum absolute atomic E-state index is 0.568. The topological polar surface area (TPSA) is 106 Å². The Labute approximate surface area is 296 Å². The highest BCUT2D eigenvalue weighted by Crippen LogP contribution is 2.37. The number of hydrogen-bond acceptors (Lipinski definition) is 8. The number of anilines is 6. The van der Waals surface area contributed by atoms with E-state index in [2.05, 4.69) is 21.7 Å². The number of piperidine rings is 1. The van der Waals surface area contributed by atoms with Crippen molar-refractivity contribution in [2.45, 2.75) is 70.3 Å². The first-order valence-corrected chi connectivity index (χ1v) is 17.8. The van der Waals surface area contributed by atoms with Gasteiger partial charge in [0.05, 0.1) is 57.7 Å². The first-order valence-electron chi connectivity index (χ1n) is 16.7. The van der Waals surface area contributed by atoms with Crippen LogP contribution in [-0.4, -0.2) is 53.5 Å². The van der Waals surface area contributed by atoms with Crippen molar-refractivity contribution in [1.82, 2.24) is 0 Å². The average molecular weight is 706 g/mol. The number of methoxy groups -OCH3 is 2. The van der Waals surface area contributed by atoms with Crippen molar-refractivity contribution in [1.29, 1.82) is 0 Å². The maximum Gasteiger partial charge on any atom is 0.139 e. The Morgan fingerprint density at radius 2 is 1.06 bits per heavy atom. The summed E-state index contributed by atoms with van der Waals surface area (Å²) in [6.45, 7) is 4.26. The zero-order chi connectivity index (χ0) is 33.9. The molecule has 8 nitrogen and oxygen atoms in total. The third kappa shape index (κ3) is 9.97. The van der Waals surface area contributed by atoms with E-state index < -0.39 is 0 Å². The van der Waals surface area contributed by atoms with E-state index in [1.807, 2.05) is 30.3 Å². The van der Waals surface area contributed by atoms with Gasteiger partial charge in [-0.15, -0.1) is 0 Å². The zero-order valence-corrected chi connectivity index (χ0v) is 30.3. The molecular formula is C36H51Cl3N6O2. The Morgan fingerprint density at radius 1 is 0.617 bits per heavy atom. The van der Waals surface area contributed by atoms with E-state index in [4.69, 9.17) is 61.5 Å². The standard InChI is InChI=1S/C13H19ClN2.C12H17ClN2O.C11H15ClN2O/c1-16(11-5-3-2-4-6-11)13-8-7-10(15)9-12(13)14;1-16-12-8-11(10(14)7-9(12)13)15-5-3-2-4-6-15;1-15-11-7-10(9(13)6-8(11)12)14-4-2-3-5-14/h7-9,11H,2-6,15H2,1H3;7-8H,2-6,14H2,1H3;6-7H,2-5,13H2,1H3. The third-order valence-electron chi connectivity index (χ3n) is 9.22. The molecule has 2 aliphatic heterocycles. The highest BCUT2D eigenvalue weighted by molar-refractivity contribution is 6.33. The number of halogens is 3. The normalized spacial score (nSPS) is 16.5. The molecule has 0 amide bonds. The molecule has 6 rings (SSSR count). The highest BCUT2D eigenvalue weighted by Gasteiger charge is 2.20. The van der Waals surface area contributed by atoms with Crippen molar-refractivity contribution in [3.05, 3.63) is 57.5 Å². The molecule has 11 heteroatoms. The molecule has 6 N–H and O–H groups in total. The Hall–Kier alpha value is -3.07. The minimum Gasteiger partial charge on any atom is -0.495 e. The van der Waals surface area contributed by atoms with Gasteiger partial charge < -0.3 is 41.4 Å². The summed E-state index contributed by atoms with van der Waals surface area (Å²) in [5.41, 5.74) is 23.0. The summed E-state index contributed by atoms with van der Waals surface area (Å²) in [5, 5.41) is 1.90. The van der Waals surface area contributed by atoms with Gasteiger partial charge in [0.2, 0.25) is 0 Å². The molecule has 0 atom stereocenters. The van der Waals surface area contributed by atoms with Crippen LogP contribution in [0.2, 0.25) is 15.1 Å². The van der Waals surface area contributed by atoms with Crippen molar-refractivity contribution in [2.75, 3.05) is 79.3 Å². The lowest BCUT2D eigenvalue weighted by molar-refractivity contribution is 0.415. The van der Waals surface area contributed by atoms with Gasteiger partial charge in [0.25, 0.3) is 0 Å². The van der Waals surface area contributed by atoms with Crippen LogP contribution in [0, 0.1) is 0 Å². The van der Waals surface area contributed by atoms with Gasteiger partial charge >= 0.3 is 0 Å². The van der Waals surface area contributed by atoms with Crippen LogP contribution in [0.4, 0.5) is 34.1 Å². The molecule has 0 radical (unpaired) electrons. The van der Waals surface area contributed by atoms with Crippen LogP contribution < -0.4 is 41.4 Å². The summed E-state index contributed by atoms with van der Waals surface area (Å²) in [6, 6.07) is 13.8. The van der Waals surface area contributed by atoms with Crippen molar-refractivity contribution < 1.29 is 9.47 Å². The Balaban J connectivity index is 0.000000160. The molecule has 2 heterocycles. The number of nitrogen functional groups attached to an aromatic ring is 3. The molecular weight excluding hydrogens is 655 g/mol. The van der Waals surface area contributed by atoms with Gasteiger partial charge in [0.15, 0.2) is 0 Å². The monoisotopic (exact) mass is 704 g/mol. The minimum atomic E-state index is 0.568. The molecule has 47 heavy (non-hydrogen) atoms. The third-order valence-corrected chi connectivity index (χ3v) is 10.1. The number of ether oxygens (including phenoxy) is 2. The van der Waals surface area contributed by atoms with Gasteiger partial charge in [-0.05, 0) is 75.3 Å². The SMILES string of the molecule is CN(c1ccc(N)cc1Cl)C1CCCCC1.COc1cc(N2CCCC2)c(N)cc1Cl.COc1cc(N2CCCCC2)c(N)cc1Cl. The van der Waals surface area contributed by atoms with Crippen molar-refractivity contribution in [3.8, 4) is 11.5 Å². The number of benzene rings is 3. The van der Waals surface area contributed by atoms with Crippen LogP contribution in [0.25, 0.3) is 0 Å². The summed E-state index contributed by atoms with van der Waals surface area (Å²) < 4.78 is 10.4. The van der Waals surface area contributed by atoms with Crippen LogP contribution in [-0.2, 0) is 0 Å². The Bertz CT molecular complexity index is 1440. The van der Waals surface area contributed by atoms with E-state index in [1.165, 1.54) is 64.2 Å². The predicted molar refractivity (Wildman–Crippen MR) is 203 cm³/mol. The molecule has 1 saturated carbocycles. The first kappa shape index (κ1) is 36.8. The van der Waals surface area contributed by atoms with Crippen LogP contribution in [0.3, 0.4) is 0 Å². The van der Waals surface area contributed by atoms with E-state index in [0.29, 0.717) is 27.6 Å². The molecule has 0 aromatic heterocycles. The number of rotatable bonds is 6. The van der Waals surface area contributed by atoms with Gasteiger partial charge in [-0.2, -0.15) is 0 Å². The molecule has 0 spiro atoms. The number of nitrogens with two attached hydrogens (primary N) is 3. The van der Waals surface area contributed by atoms with E-state index in [0.717, 1.165) is 65.3 Å². The fourth-order valence-electron chi connectivity index (χ4n) is 6.54. The highest BCUT2D eigenvalue weighted by atomic mass is 35.5. The van der Waals surface area contributed by atoms with Crippen LogP contribution in [0.1, 0.15) is 64.2 Å². The summed E-state index contributed by atoms with van der Waals surface area (Å²) in [7, 11) is 5.37. The first-order chi connectivity index (χ1) is 22.6. The fourth-order valence-corrected chi connectivity index (χ4v) is 7.36. The van der Waals surface area contributed by atoms with Gasteiger partial charge in [0, 0.05) is 57.1 Å². The Kier molecular flexibility index (Phi) is 14.0. The maximum absolute atomic E-state index is 6.22. The zero-order valence-electron chi connectivity index (χ0n) is 28.0. The average Bonchev–Trinajstić information content (AvgIpc) is 3.61. The van der Waals surface area contributed by atoms with Crippen LogP contribution in [0.5, 0.6) is 11.5 Å². The lowest BCUT2D eigenvalue weighted by atomic mass is 9.94. The lowest BCUT2D eigenvalue weighted by Crippen LogP contribution is -2.33. The van der Waals surface area contributed by atoms with Gasteiger partial charge in [0.1, 0.15) is 11.5 Å². The lowest BCUT2D eigenvalue weighted by Gasteiger charge is -2.33. The summed E-state index contributed by atoms with van der Waals surface area (Å²) in [4.78, 5) is 6.88. The molecule has 0 bridgehead atoms. The smallest absolute Gasteiger partial charge is 0.139 e. The second kappa shape index (κ2) is 17.9. The Morgan fingerprint density at radius 3 is 1.51 bits per heavy atom. The van der Waals surface area contributed by atoms with E-state index in [1.54, 1.807) is 26.4 Å². The second-order valence-corrected chi connectivity index (χ2v) is 13.7. The van der Waals surface area contributed by atoms with E-state index in [9.17, 15) is 0 Å². The number of hydrogen-bond donors (Lipinski definition) is 3. The van der Waals surface area contributed by atoms with Crippen molar-refractivity contribution >= 4 is 68.9 Å². The summed E-state index contributed by atoms with van der Waals surface area (Å²) in [6.07, 6.45) is 12.8. The maximum atomic E-state index is 6.22. The number of nitrogens with zero attached hydrogens (tertiary/aromatic N) is 3. The summed E-state index contributed by atoms with van der Waals surface area (Å²) >= 11 is 18.2. The van der Waals surface area contributed by atoms with Crippen LogP contribution in [0.15, 0.2) is 42.5 Å². The summed E-state index contributed by atoms with van der Waals surface area (Å²) in [5.74, 6) is 1.38. The molecule has 258 valence electrons. The predicted octanol–water partition coefficient (Wildman–Crippen LogP) is 9.14. The van der Waals surface area contributed by atoms with E-state index >= 15 is 0 Å². The van der Waals surface area contributed by atoms with Gasteiger partial charge in [-0.3, -0.25) is 0 Å². The van der Waals surface area contributed by atoms with Gasteiger partial charge in [-0.25, -0.2) is 0 Å². The van der Waals surface area contributed by atoms with Gasteiger partial charge in [-0.1, -0.05) is 54.1 Å². The fraction of sp³-hybridized carbons (Fsp3) is 0.500. The molecule has 3 aromatic rings. The largest absolute Gasteiger partial charge is 0.495 e. The molecule has 3 aliphatic rings. The quantitative estimate of drug-likeness (QED) is 0.218. The van der Waals surface area contributed by atoms with Crippen molar-refractivity contribution in [3.63, 3.8) is 0 Å². The molecule has 1 aliphatic carbocycles. The van der Waals surface area contributed by atoms with Crippen LogP contribution >= 0.6 is 34.8 Å². The molecule has 2 saturated heterocycles. The molecule has 3 fully saturated rings. The van der Waals surface area contributed by atoms with E-state index in [-0.39, 0.29) is 0 Å². The second-order valence-electron chi connectivity index (χ2n) is 12.4. The molecule has 0 unspecified atom stereocenters.